The Kier molecular flexibility index (Phi) is 3.38. The molecule has 2 atom stereocenters. The largest absolute Gasteiger partial charge is 0.497 e. The molecule has 0 aliphatic carbocycles. The van der Waals surface area contributed by atoms with E-state index in [0.717, 1.165) is 11.5 Å². The molecule has 0 saturated carbocycles. The van der Waals surface area contributed by atoms with Crippen LogP contribution in [0.2, 0.25) is 0 Å². The van der Waals surface area contributed by atoms with Crippen molar-refractivity contribution in [3.05, 3.63) is 60.2 Å². The monoisotopic (exact) mass is 256 g/mol. The zero-order valence-corrected chi connectivity index (χ0v) is 10.8. The van der Waals surface area contributed by atoms with Gasteiger partial charge in [0.15, 0.2) is 0 Å². The van der Waals surface area contributed by atoms with Crippen molar-refractivity contribution in [2.75, 3.05) is 13.7 Å². The van der Waals surface area contributed by atoms with Crippen LogP contribution in [0, 0.1) is 0 Å². The van der Waals surface area contributed by atoms with Gasteiger partial charge >= 0.3 is 0 Å². The third-order valence-corrected chi connectivity index (χ3v) is 3.18. The number of ether oxygens (including phenoxy) is 3. The van der Waals surface area contributed by atoms with Crippen molar-refractivity contribution in [2.45, 2.75) is 12.2 Å². The molecule has 0 N–H and O–H groups in total. The summed E-state index contributed by atoms with van der Waals surface area (Å²) in [5.41, 5.74) is 1.21. The third kappa shape index (κ3) is 2.88. The maximum atomic E-state index is 5.70. The van der Waals surface area contributed by atoms with E-state index in [9.17, 15) is 0 Å². The van der Waals surface area contributed by atoms with Crippen molar-refractivity contribution in [2.24, 2.45) is 0 Å². The maximum Gasteiger partial charge on any atom is 0.123 e. The number of methoxy groups -OCH3 is 1. The Bertz CT molecular complexity index is 521. The molecule has 1 fully saturated rings. The molecule has 0 amide bonds. The van der Waals surface area contributed by atoms with Gasteiger partial charge in [-0.15, -0.1) is 0 Å². The van der Waals surface area contributed by atoms with Crippen molar-refractivity contribution in [1.82, 2.24) is 0 Å². The average molecular weight is 256 g/mol. The first-order valence-electron chi connectivity index (χ1n) is 6.34. The smallest absolute Gasteiger partial charge is 0.123 e. The van der Waals surface area contributed by atoms with Crippen molar-refractivity contribution in [3.8, 4) is 11.5 Å². The fraction of sp³-hybridized carbons (Fsp3) is 0.250. The van der Waals surface area contributed by atoms with E-state index in [1.807, 2.05) is 42.5 Å². The Balaban J connectivity index is 1.51. The lowest BCUT2D eigenvalue weighted by Crippen LogP contribution is -2.05. The lowest BCUT2D eigenvalue weighted by atomic mass is 10.1. The Morgan fingerprint density at radius 2 is 1.63 bits per heavy atom. The second-order valence-electron chi connectivity index (χ2n) is 4.49. The SMILES string of the molecule is COc1ccc(OCC2OC2c2ccccc2)cc1. The zero-order chi connectivity index (χ0) is 13.1. The molecule has 1 aliphatic heterocycles. The van der Waals surface area contributed by atoms with Crippen LogP contribution >= 0.6 is 0 Å². The van der Waals surface area contributed by atoms with Crippen molar-refractivity contribution < 1.29 is 14.2 Å². The lowest BCUT2D eigenvalue weighted by Gasteiger charge is -2.05. The van der Waals surface area contributed by atoms with E-state index in [-0.39, 0.29) is 12.2 Å². The highest BCUT2D eigenvalue weighted by Gasteiger charge is 2.40. The van der Waals surface area contributed by atoms with E-state index in [1.165, 1.54) is 5.56 Å². The highest BCUT2D eigenvalue weighted by Crippen LogP contribution is 2.38. The number of benzene rings is 2. The summed E-state index contributed by atoms with van der Waals surface area (Å²) in [5, 5.41) is 0. The van der Waals surface area contributed by atoms with Gasteiger partial charge in [0.25, 0.3) is 0 Å². The minimum Gasteiger partial charge on any atom is -0.497 e. The molecule has 1 saturated heterocycles. The Morgan fingerprint density at radius 1 is 0.947 bits per heavy atom. The first-order valence-corrected chi connectivity index (χ1v) is 6.34. The fourth-order valence-electron chi connectivity index (χ4n) is 2.06. The summed E-state index contributed by atoms with van der Waals surface area (Å²) in [5.74, 6) is 1.67. The summed E-state index contributed by atoms with van der Waals surface area (Å²) in [6, 6.07) is 17.8. The second-order valence-corrected chi connectivity index (χ2v) is 4.49. The molecule has 0 radical (unpaired) electrons. The molecule has 2 aromatic rings. The van der Waals surface area contributed by atoms with Crippen LogP contribution in [0.3, 0.4) is 0 Å². The van der Waals surface area contributed by atoms with Gasteiger partial charge in [0.05, 0.1) is 7.11 Å². The van der Waals surface area contributed by atoms with E-state index in [4.69, 9.17) is 14.2 Å². The zero-order valence-electron chi connectivity index (χ0n) is 10.8. The molecule has 3 nitrogen and oxygen atoms in total. The minimum absolute atomic E-state index is 0.157. The Labute approximate surface area is 112 Å². The van der Waals surface area contributed by atoms with Crippen LogP contribution in [-0.2, 0) is 4.74 Å². The molecule has 19 heavy (non-hydrogen) atoms. The van der Waals surface area contributed by atoms with Gasteiger partial charge in [-0.3, -0.25) is 0 Å². The van der Waals surface area contributed by atoms with Gasteiger partial charge in [0.2, 0.25) is 0 Å². The third-order valence-electron chi connectivity index (χ3n) is 3.18. The normalized spacial score (nSPS) is 20.9. The number of hydrogen-bond donors (Lipinski definition) is 0. The van der Waals surface area contributed by atoms with E-state index in [2.05, 4.69) is 12.1 Å². The molecule has 0 aromatic heterocycles. The van der Waals surface area contributed by atoms with Crippen LogP contribution in [-0.4, -0.2) is 19.8 Å². The standard InChI is InChI=1S/C16H16O3/c1-17-13-7-9-14(10-8-13)18-11-15-16(19-15)12-5-3-2-4-6-12/h2-10,15-16H,11H2,1H3. The minimum atomic E-state index is 0.157. The molecule has 0 spiro atoms. The van der Waals surface area contributed by atoms with E-state index in [0.29, 0.717) is 6.61 Å². The second kappa shape index (κ2) is 5.33. The van der Waals surface area contributed by atoms with Crippen LogP contribution in [0.4, 0.5) is 0 Å². The molecule has 1 aliphatic rings. The first kappa shape index (κ1) is 12.1. The molecule has 2 unspecified atom stereocenters. The molecule has 3 heteroatoms. The number of hydrogen-bond acceptors (Lipinski definition) is 3. The quantitative estimate of drug-likeness (QED) is 0.770. The molecule has 1 heterocycles. The molecule has 3 rings (SSSR count). The predicted molar refractivity (Wildman–Crippen MR) is 72.5 cm³/mol. The van der Waals surface area contributed by atoms with Gasteiger partial charge in [-0.2, -0.15) is 0 Å². The average Bonchev–Trinajstić information content (AvgIpc) is 3.26. The molecular formula is C16H16O3. The van der Waals surface area contributed by atoms with Gasteiger partial charge in [0, 0.05) is 0 Å². The van der Waals surface area contributed by atoms with Crippen LogP contribution < -0.4 is 9.47 Å². The summed E-state index contributed by atoms with van der Waals surface area (Å²) in [4.78, 5) is 0. The molecule has 0 bridgehead atoms. The Hall–Kier alpha value is -2.00. The van der Waals surface area contributed by atoms with Gasteiger partial charge in [0.1, 0.15) is 30.3 Å². The lowest BCUT2D eigenvalue weighted by molar-refractivity contribution is 0.260. The van der Waals surface area contributed by atoms with E-state index < -0.39 is 0 Å². The van der Waals surface area contributed by atoms with Gasteiger partial charge < -0.3 is 14.2 Å². The number of epoxide rings is 1. The molecule has 98 valence electrons. The predicted octanol–water partition coefficient (Wildman–Crippen LogP) is 3.21. The highest BCUT2D eigenvalue weighted by molar-refractivity contribution is 5.31. The summed E-state index contributed by atoms with van der Waals surface area (Å²) in [6.07, 6.45) is 0.337. The van der Waals surface area contributed by atoms with Crippen molar-refractivity contribution >= 4 is 0 Å². The van der Waals surface area contributed by atoms with Crippen LogP contribution in [0.5, 0.6) is 11.5 Å². The topological polar surface area (TPSA) is 31.0 Å². The summed E-state index contributed by atoms with van der Waals surface area (Å²) in [7, 11) is 1.65. The fourth-order valence-corrected chi connectivity index (χ4v) is 2.06. The van der Waals surface area contributed by atoms with E-state index >= 15 is 0 Å². The number of rotatable bonds is 5. The maximum absolute atomic E-state index is 5.70. The van der Waals surface area contributed by atoms with Crippen LogP contribution in [0.25, 0.3) is 0 Å². The first-order chi connectivity index (χ1) is 9.36. The summed E-state index contributed by atoms with van der Waals surface area (Å²) < 4.78 is 16.4. The summed E-state index contributed by atoms with van der Waals surface area (Å²) >= 11 is 0. The summed E-state index contributed by atoms with van der Waals surface area (Å²) in [6.45, 7) is 0.575. The van der Waals surface area contributed by atoms with Gasteiger partial charge in [-0.1, -0.05) is 30.3 Å². The Morgan fingerprint density at radius 3 is 2.32 bits per heavy atom. The van der Waals surface area contributed by atoms with Crippen molar-refractivity contribution in [1.29, 1.82) is 0 Å². The van der Waals surface area contributed by atoms with Gasteiger partial charge in [-0.05, 0) is 29.8 Å². The molecular weight excluding hydrogens is 240 g/mol. The van der Waals surface area contributed by atoms with Gasteiger partial charge in [-0.25, -0.2) is 0 Å². The van der Waals surface area contributed by atoms with Crippen molar-refractivity contribution in [3.63, 3.8) is 0 Å². The van der Waals surface area contributed by atoms with Crippen LogP contribution in [0.1, 0.15) is 11.7 Å². The van der Waals surface area contributed by atoms with Crippen LogP contribution in [0.15, 0.2) is 54.6 Å². The highest BCUT2D eigenvalue weighted by atomic mass is 16.6. The molecule has 2 aromatic carbocycles. The van der Waals surface area contributed by atoms with E-state index in [1.54, 1.807) is 7.11 Å².